The highest BCUT2D eigenvalue weighted by atomic mass is 16.3. The summed E-state index contributed by atoms with van der Waals surface area (Å²) in [4.78, 5) is 21.2. The molecule has 146 valence electrons. The molecule has 6 heteroatoms. The number of rotatable bonds is 5. The Kier molecular flexibility index (Phi) is 5.08. The Bertz CT molecular complexity index is 875. The van der Waals surface area contributed by atoms with Gasteiger partial charge >= 0.3 is 0 Å². The number of hydrogen-bond donors (Lipinski definition) is 0. The molecule has 0 bridgehead atoms. The molecule has 1 saturated carbocycles. The number of nitrogens with zero attached hydrogens (tertiary/aromatic N) is 4. The minimum atomic E-state index is 0.0394. The lowest BCUT2D eigenvalue weighted by atomic mass is 9.95. The van der Waals surface area contributed by atoms with Crippen molar-refractivity contribution < 1.29 is 9.21 Å². The average Bonchev–Trinajstić information content (AvgIpc) is 3.28. The van der Waals surface area contributed by atoms with E-state index in [9.17, 15) is 4.79 Å². The van der Waals surface area contributed by atoms with Crippen LogP contribution in [-0.4, -0.2) is 35.9 Å². The Morgan fingerprint density at radius 2 is 2.07 bits per heavy atom. The Morgan fingerprint density at radius 1 is 1.32 bits per heavy atom. The first-order valence-corrected chi connectivity index (χ1v) is 10.00. The van der Waals surface area contributed by atoms with Crippen LogP contribution in [0.4, 0.5) is 5.82 Å². The van der Waals surface area contributed by atoms with Crippen LogP contribution in [-0.2, 0) is 11.3 Å². The van der Waals surface area contributed by atoms with Gasteiger partial charge in [0, 0.05) is 38.2 Å². The number of carbonyl (C=O) groups is 1. The molecule has 2 fully saturated rings. The number of hydrogen-bond acceptors (Lipinski definition) is 5. The first-order chi connectivity index (χ1) is 13.5. The van der Waals surface area contributed by atoms with Gasteiger partial charge in [-0.1, -0.05) is 6.92 Å². The SMILES string of the molecule is CC1CC1c1ccc(CN(C)C(=O)C2CCN(c3ccc(C#N)cn3)CC2)o1. The molecule has 1 aliphatic carbocycles. The Morgan fingerprint density at radius 3 is 2.68 bits per heavy atom. The quantitative estimate of drug-likeness (QED) is 0.796. The molecular formula is C22H26N4O2. The summed E-state index contributed by atoms with van der Waals surface area (Å²) in [6, 6.07) is 9.81. The monoisotopic (exact) mass is 378 g/mol. The van der Waals surface area contributed by atoms with Crippen LogP contribution in [0.1, 0.15) is 49.2 Å². The molecule has 2 aromatic rings. The summed E-state index contributed by atoms with van der Waals surface area (Å²) >= 11 is 0. The van der Waals surface area contributed by atoms with Gasteiger partial charge in [0.2, 0.25) is 5.91 Å². The third kappa shape index (κ3) is 3.89. The van der Waals surface area contributed by atoms with Crippen molar-refractivity contribution in [2.75, 3.05) is 25.0 Å². The van der Waals surface area contributed by atoms with E-state index in [4.69, 9.17) is 9.68 Å². The smallest absolute Gasteiger partial charge is 0.225 e. The van der Waals surface area contributed by atoms with Crippen molar-refractivity contribution in [1.82, 2.24) is 9.88 Å². The number of aromatic nitrogens is 1. The number of piperidine rings is 1. The van der Waals surface area contributed by atoms with Crippen molar-refractivity contribution in [3.05, 3.63) is 47.5 Å². The highest BCUT2D eigenvalue weighted by Crippen LogP contribution is 2.47. The molecular weight excluding hydrogens is 352 g/mol. The van der Waals surface area contributed by atoms with E-state index >= 15 is 0 Å². The van der Waals surface area contributed by atoms with Crippen LogP contribution in [0.2, 0.25) is 0 Å². The predicted molar refractivity (Wildman–Crippen MR) is 106 cm³/mol. The minimum Gasteiger partial charge on any atom is -0.464 e. The first-order valence-electron chi connectivity index (χ1n) is 10.00. The second-order valence-electron chi connectivity index (χ2n) is 8.10. The van der Waals surface area contributed by atoms with Crippen LogP contribution >= 0.6 is 0 Å². The van der Waals surface area contributed by atoms with Gasteiger partial charge in [-0.05, 0) is 49.4 Å². The summed E-state index contributed by atoms with van der Waals surface area (Å²) in [5.74, 6) is 4.30. The second-order valence-corrected chi connectivity index (χ2v) is 8.10. The number of pyridine rings is 1. The van der Waals surface area contributed by atoms with Gasteiger partial charge in [0.1, 0.15) is 23.4 Å². The van der Waals surface area contributed by atoms with E-state index < -0.39 is 0 Å². The van der Waals surface area contributed by atoms with E-state index in [1.165, 1.54) is 6.42 Å². The molecule has 1 aliphatic heterocycles. The summed E-state index contributed by atoms with van der Waals surface area (Å²) < 4.78 is 5.95. The van der Waals surface area contributed by atoms with Crippen LogP contribution in [0.3, 0.4) is 0 Å². The Balaban J connectivity index is 1.29. The van der Waals surface area contributed by atoms with Crippen LogP contribution in [0, 0.1) is 23.2 Å². The fraction of sp³-hybridized carbons (Fsp3) is 0.500. The van der Waals surface area contributed by atoms with Crippen LogP contribution in [0.5, 0.6) is 0 Å². The molecule has 0 aromatic carbocycles. The molecule has 3 heterocycles. The number of carbonyl (C=O) groups excluding carboxylic acids is 1. The third-order valence-electron chi connectivity index (χ3n) is 5.97. The maximum absolute atomic E-state index is 12.8. The van der Waals surface area contributed by atoms with E-state index in [-0.39, 0.29) is 11.8 Å². The average molecular weight is 378 g/mol. The maximum Gasteiger partial charge on any atom is 0.225 e. The minimum absolute atomic E-state index is 0.0394. The molecule has 2 unspecified atom stereocenters. The van der Waals surface area contributed by atoms with Gasteiger partial charge in [0.25, 0.3) is 0 Å². The zero-order valence-corrected chi connectivity index (χ0v) is 16.5. The summed E-state index contributed by atoms with van der Waals surface area (Å²) in [7, 11) is 1.86. The zero-order valence-electron chi connectivity index (χ0n) is 16.5. The van der Waals surface area contributed by atoms with Crippen molar-refractivity contribution in [2.24, 2.45) is 11.8 Å². The van der Waals surface area contributed by atoms with Crippen LogP contribution < -0.4 is 4.90 Å². The highest BCUT2D eigenvalue weighted by Gasteiger charge is 2.36. The van der Waals surface area contributed by atoms with E-state index in [0.717, 1.165) is 43.3 Å². The Hall–Kier alpha value is -2.81. The Labute approximate surface area is 165 Å². The molecule has 2 atom stereocenters. The fourth-order valence-electron chi connectivity index (χ4n) is 4.02. The van der Waals surface area contributed by atoms with Gasteiger partial charge in [-0.2, -0.15) is 5.26 Å². The van der Waals surface area contributed by atoms with E-state index in [1.807, 2.05) is 19.2 Å². The lowest BCUT2D eigenvalue weighted by Crippen LogP contribution is -2.41. The van der Waals surface area contributed by atoms with Crippen molar-refractivity contribution in [3.8, 4) is 6.07 Å². The molecule has 0 radical (unpaired) electrons. The zero-order chi connectivity index (χ0) is 19.7. The number of nitriles is 1. The van der Waals surface area contributed by atoms with Gasteiger partial charge in [0.05, 0.1) is 12.1 Å². The number of anilines is 1. The van der Waals surface area contributed by atoms with Crippen molar-refractivity contribution >= 4 is 11.7 Å². The van der Waals surface area contributed by atoms with Crippen LogP contribution in [0.15, 0.2) is 34.9 Å². The largest absolute Gasteiger partial charge is 0.464 e. The standard InChI is InChI=1S/C22H26N4O2/c1-15-11-19(15)20-5-4-18(28-20)14-25(2)22(27)17-7-9-26(10-8-17)21-6-3-16(12-23)13-24-21/h3-6,13,15,17,19H,7-11,14H2,1-2H3. The predicted octanol–water partition coefficient (Wildman–Crippen LogP) is 3.54. The molecule has 4 rings (SSSR count). The number of amides is 1. The van der Waals surface area contributed by atoms with Gasteiger partial charge in [0.15, 0.2) is 0 Å². The van der Waals surface area contributed by atoms with Crippen molar-refractivity contribution in [3.63, 3.8) is 0 Å². The summed E-state index contributed by atoms with van der Waals surface area (Å²) in [6.07, 6.45) is 4.43. The molecule has 28 heavy (non-hydrogen) atoms. The highest BCUT2D eigenvalue weighted by molar-refractivity contribution is 5.78. The van der Waals surface area contributed by atoms with Crippen LogP contribution in [0.25, 0.3) is 0 Å². The van der Waals surface area contributed by atoms with E-state index in [2.05, 4.69) is 28.9 Å². The summed E-state index contributed by atoms with van der Waals surface area (Å²) in [6.45, 7) is 4.36. The van der Waals surface area contributed by atoms with Gasteiger partial charge < -0.3 is 14.2 Å². The molecule has 2 aliphatic rings. The number of furan rings is 1. The van der Waals surface area contributed by atoms with Crippen molar-refractivity contribution in [2.45, 2.75) is 38.6 Å². The van der Waals surface area contributed by atoms with Gasteiger partial charge in [-0.15, -0.1) is 0 Å². The fourth-order valence-corrected chi connectivity index (χ4v) is 4.02. The molecule has 1 saturated heterocycles. The van der Waals surface area contributed by atoms with Gasteiger partial charge in [-0.25, -0.2) is 4.98 Å². The molecule has 1 amide bonds. The third-order valence-corrected chi connectivity index (χ3v) is 5.97. The van der Waals surface area contributed by atoms with E-state index in [1.54, 1.807) is 17.2 Å². The lowest BCUT2D eigenvalue weighted by molar-refractivity contribution is -0.135. The molecule has 2 aromatic heterocycles. The first kappa shape index (κ1) is 18.5. The van der Waals surface area contributed by atoms with Crippen molar-refractivity contribution in [1.29, 1.82) is 5.26 Å². The second kappa shape index (κ2) is 7.67. The van der Waals surface area contributed by atoms with Gasteiger partial charge in [-0.3, -0.25) is 4.79 Å². The lowest BCUT2D eigenvalue weighted by Gasteiger charge is -2.33. The molecule has 0 spiro atoms. The summed E-state index contributed by atoms with van der Waals surface area (Å²) in [5.41, 5.74) is 0.563. The molecule has 0 N–H and O–H groups in total. The molecule has 6 nitrogen and oxygen atoms in total. The van der Waals surface area contributed by atoms with E-state index in [0.29, 0.717) is 23.9 Å². The normalized spacial score (nSPS) is 22.0. The topological polar surface area (TPSA) is 73.4 Å². The summed E-state index contributed by atoms with van der Waals surface area (Å²) in [5, 5.41) is 8.88. The maximum atomic E-state index is 12.8.